The molecule has 4 atom stereocenters. The van der Waals surface area contributed by atoms with Gasteiger partial charge in [-0.2, -0.15) is 0 Å². The van der Waals surface area contributed by atoms with Crippen LogP contribution in [0.1, 0.15) is 30.6 Å². The van der Waals surface area contributed by atoms with Crippen molar-refractivity contribution in [1.29, 1.82) is 0 Å². The summed E-state index contributed by atoms with van der Waals surface area (Å²) in [5.41, 5.74) is 4.49. The van der Waals surface area contributed by atoms with E-state index >= 15 is 0 Å². The van der Waals surface area contributed by atoms with Crippen LogP contribution in [0.15, 0.2) is 30.0 Å². The maximum absolute atomic E-state index is 12.3. The quantitative estimate of drug-likeness (QED) is 0.809. The molecule has 0 spiro atoms. The number of carbonyl (C=O) groups excluding carboxylic acids is 1. The Labute approximate surface area is 164 Å². The van der Waals surface area contributed by atoms with Crippen molar-refractivity contribution >= 4 is 16.9 Å². The van der Waals surface area contributed by atoms with E-state index in [-0.39, 0.29) is 24.0 Å². The lowest BCUT2D eigenvalue weighted by Crippen LogP contribution is -2.51. The van der Waals surface area contributed by atoms with Crippen molar-refractivity contribution in [3.05, 3.63) is 41.3 Å². The number of methoxy groups -OCH3 is 2. The molecule has 1 N–H and O–H groups in total. The average molecular weight is 382 g/mol. The number of piperidine rings is 1. The Morgan fingerprint density at radius 2 is 2.18 bits per heavy atom. The van der Waals surface area contributed by atoms with Gasteiger partial charge in [0, 0.05) is 47.6 Å². The summed E-state index contributed by atoms with van der Waals surface area (Å²) in [4.78, 5) is 18.6. The minimum absolute atomic E-state index is 0.104. The van der Waals surface area contributed by atoms with Gasteiger partial charge < -0.3 is 19.2 Å². The second-order valence-corrected chi connectivity index (χ2v) is 8.10. The maximum atomic E-state index is 12.3. The van der Waals surface area contributed by atoms with E-state index in [1.807, 2.05) is 6.07 Å². The summed E-state index contributed by atoms with van der Waals surface area (Å²) in [6.07, 6.45) is 3.67. The Kier molecular flexibility index (Phi) is 4.12. The number of H-pyrrole nitrogens is 1. The molecule has 28 heavy (non-hydrogen) atoms. The van der Waals surface area contributed by atoms with Crippen LogP contribution in [0.2, 0.25) is 0 Å². The van der Waals surface area contributed by atoms with Crippen molar-refractivity contribution in [3.63, 3.8) is 0 Å². The van der Waals surface area contributed by atoms with E-state index in [0.29, 0.717) is 11.5 Å². The fourth-order valence-corrected chi connectivity index (χ4v) is 5.35. The number of aromatic amines is 1. The summed E-state index contributed by atoms with van der Waals surface area (Å²) < 4.78 is 16.2. The number of nitrogens with zero attached hydrogens (tertiary/aromatic N) is 1. The molecule has 0 amide bonds. The first-order chi connectivity index (χ1) is 13.6. The molecule has 1 aromatic carbocycles. The van der Waals surface area contributed by atoms with E-state index in [2.05, 4.69) is 28.9 Å². The first-order valence-electron chi connectivity index (χ1n) is 9.97. The second-order valence-electron chi connectivity index (χ2n) is 8.10. The van der Waals surface area contributed by atoms with Gasteiger partial charge in [0.1, 0.15) is 5.75 Å². The Bertz CT molecular complexity index is 963. The predicted molar refractivity (Wildman–Crippen MR) is 105 cm³/mol. The van der Waals surface area contributed by atoms with E-state index in [1.54, 1.807) is 13.4 Å². The largest absolute Gasteiger partial charge is 0.497 e. The van der Waals surface area contributed by atoms with Crippen LogP contribution in [0.25, 0.3) is 10.9 Å². The van der Waals surface area contributed by atoms with Gasteiger partial charge in [-0.25, -0.2) is 4.79 Å². The number of esters is 1. The molecule has 0 aliphatic carbocycles. The van der Waals surface area contributed by atoms with Crippen molar-refractivity contribution in [2.75, 3.05) is 27.3 Å². The second kappa shape index (κ2) is 6.55. The monoisotopic (exact) mass is 382 g/mol. The van der Waals surface area contributed by atoms with E-state index < -0.39 is 0 Å². The first kappa shape index (κ1) is 17.6. The number of benzene rings is 1. The van der Waals surface area contributed by atoms with E-state index in [1.165, 1.54) is 23.8 Å². The van der Waals surface area contributed by atoms with Crippen LogP contribution in [0.5, 0.6) is 5.75 Å². The van der Waals surface area contributed by atoms with Gasteiger partial charge in [-0.3, -0.25) is 4.90 Å². The van der Waals surface area contributed by atoms with Gasteiger partial charge in [0.2, 0.25) is 0 Å². The van der Waals surface area contributed by atoms with Crippen molar-refractivity contribution < 1.29 is 19.0 Å². The number of carbonyl (C=O) groups is 1. The molecule has 4 heterocycles. The zero-order valence-corrected chi connectivity index (χ0v) is 16.5. The highest BCUT2D eigenvalue weighted by molar-refractivity contribution is 5.89. The highest BCUT2D eigenvalue weighted by Crippen LogP contribution is 2.47. The minimum atomic E-state index is -0.271. The van der Waals surface area contributed by atoms with E-state index in [0.717, 1.165) is 37.2 Å². The van der Waals surface area contributed by atoms with Gasteiger partial charge in [0.15, 0.2) is 0 Å². The Morgan fingerprint density at radius 3 is 2.96 bits per heavy atom. The molecule has 0 saturated carbocycles. The van der Waals surface area contributed by atoms with Crippen molar-refractivity contribution in [1.82, 2.24) is 9.88 Å². The van der Waals surface area contributed by atoms with Crippen molar-refractivity contribution in [3.8, 4) is 5.75 Å². The summed E-state index contributed by atoms with van der Waals surface area (Å²) in [5.74, 6) is 1.05. The Morgan fingerprint density at radius 1 is 1.32 bits per heavy atom. The molecule has 3 aliphatic rings. The van der Waals surface area contributed by atoms with Crippen LogP contribution in [0.3, 0.4) is 0 Å². The summed E-state index contributed by atoms with van der Waals surface area (Å²) in [6, 6.07) is 6.53. The normalized spacial score (nSPS) is 29.2. The fraction of sp³-hybridized carbons (Fsp3) is 0.500. The van der Waals surface area contributed by atoms with Crippen LogP contribution in [0.4, 0.5) is 0 Å². The number of hydrogen-bond acceptors (Lipinski definition) is 5. The molecule has 0 bridgehead atoms. The third-order valence-electron chi connectivity index (χ3n) is 6.84. The van der Waals surface area contributed by atoms with Crippen LogP contribution in [-0.2, 0) is 20.7 Å². The predicted octanol–water partition coefficient (Wildman–Crippen LogP) is 3.19. The average Bonchev–Trinajstić information content (AvgIpc) is 3.10. The van der Waals surface area contributed by atoms with Gasteiger partial charge in [-0.05, 0) is 37.5 Å². The van der Waals surface area contributed by atoms with E-state index in [4.69, 9.17) is 14.2 Å². The van der Waals surface area contributed by atoms with Crippen LogP contribution < -0.4 is 4.74 Å². The van der Waals surface area contributed by atoms with Crippen LogP contribution in [0, 0.1) is 11.8 Å². The molecule has 5 rings (SSSR count). The third-order valence-corrected chi connectivity index (χ3v) is 6.84. The van der Waals surface area contributed by atoms with Crippen LogP contribution >= 0.6 is 0 Å². The number of hydrogen-bond donors (Lipinski definition) is 1. The van der Waals surface area contributed by atoms with Gasteiger partial charge in [-0.1, -0.05) is 0 Å². The number of rotatable bonds is 2. The number of fused-ring (bicyclic) bond motifs is 6. The molecule has 3 aliphatic heterocycles. The molecule has 1 saturated heterocycles. The molecule has 2 aromatic rings. The lowest BCUT2D eigenvalue weighted by atomic mass is 9.72. The molecule has 1 aromatic heterocycles. The lowest BCUT2D eigenvalue weighted by Gasteiger charge is -2.49. The summed E-state index contributed by atoms with van der Waals surface area (Å²) in [5, 5.41) is 1.28. The van der Waals surface area contributed by atoms with Crippen LogP contribution in [-0.4, -0.2) is 49.3 Å². The third kappa shape index (κ3) is 2.54. The molecule has 6 nitrogen and oxygen atoms in total. The maximum Gasteiger partial charge on any atom is 0.337 e. The zero-order chi connectivity index (χ0) is 19.4. The van der Waals surface area contributed by atoms with Gasteiger partial charge >= 0.3 is 5.97 Å². The number of aromatic nitrogens is 1. The smallest absolute Gasteiger partial charge is 0.337 e. The molecule has 0 radical (unpaired) electrons. The molecule has 6 heteroatoms. The lowest BCUT2D eigenvalue weighted by molar-refractivity contribution is -0.139. The van der Waals surface area contributed by atoms with Crippen molar-refractivity contribution in [2.45, 2.75) is 31.9 Å². The summed E-state index contributed by atoms with van der Waals surface area (Å²) >= 11 is 0. The van der Waals surface area contributed by atoms with E-state index in [9.17, 15) is 4.79 Å². The van der Waals surface area contributed by atoms with Gasteiger partial charge in [0.05, 0.1) is 38.2 Å². The first-order valence-corrected chi connectivity index (χ1v) is 9.97. The Hall–Kier alpha value is -2.47. The summed E-state index contributed by atoms with van der Waals surface area (Å²) in [6.45, 7) is 4.07. The molecular formula is C22H26N2O4. The fourth-order valence-electron chi connectivity index (χ4n) is 5.35. The minimum Gasteiger partial charge on any atom is -0.497 e. The van der Waals surface area contributed by atoms with Gasteiger partial charge in [-0.15, -0.1) is 0 Å². The van der Waals surface area contributed by atoms with Crippen molar-refractivity contribution in [2.24, 2.45) is 11.8 Å². The topological polar surface area (TPSA) is 63.8 Å². The SMILES string of the molecule is COC(=O)C1=COC(C)[C@H]2CN3CCc4c([nH]c5cc(OC)ccc45)[C@H]3C[C@@H]12. The molecule has 1 fully saturated rings. The Balaban J connectivity index is 1.54. The highest BCUT2D eigenvalue weighted by Gasteiger charge is 2.46. The number of ether oxygens (including phenoxy) is 3. The standard InChI is InChI=1S/C22H26N2O4/c1-12-17-10-24-7-6-15-14-5-4-13(26-2)8-19(14)23-21(15)20(24)9-16(17)18(11-28-12)22(25)27-3/h4-5,8,11-12,16-17,20,23H,6-7,9-10H2,1-3H3/t12?,16-,17-,20-/m1/s1. The molecule has 1 unspecified atom stereocenters. The summed E-state index contributed by atoms with van der Waals surface area (Å²) in [7, 11) is 3.13. The number of nitrogens with one attached hydrogen (secondary N) is 1. The molecule has 148 valence electrons. The molecular weight excluding hydrogens is 356 g/mol. The zero-order valence-electron chi connectivity index (χ0n) is 16.5. The highest BCUT2D eigenvalue weighted by atomic mass is 16.5. The van der Waals surface area contributed by atoms with Gasteiger partial charge in [0.25, 0.3) is 0 Å².